The first-order valence-corrected chi connectivity index (χ1v) is 5.54. The molecule has 1 aromatic carbocycles. The molecular formula is C14H10N4. The lowest BCUT2D eigenvalue weighted by Gasteiger charge is -2.04. The number of nitrogens with zero attached hydrogens (tertiary/aromatic N) is 4. The Morgan fingerprint density at radius 2 is 1.00 bits per heavy atom. The fraction of sp³-hybridized carbons (Fsp3) is 0. The highest BCUT2D eigenvalue weighted by atomic mass is 14.8. The normalized spacial score (nSPS) is 10.2. The molecule has 2 heterocycles. The summed E-state index contributed by atoms with van der Waals surface area (Å²) in [7, 11) is 0. The third kappa shape index (κ3) is 2.08. The summed E-state index contributed by atoms with van der Waals surface area (Å²) in [6.07, 6.45) is 10.2. The highest BCUT2D eigenvalue weighted by molar-refractivity contribution is 5.71. The maximum Gasteiger partial charge on any atom is 0.115 e. The van der Waals surface area contributed by atoms with Crippen molar-refractivity contribution in [3.05, 3.63) is 61.7 Å². The van der Waals surface area contributed by atoms with Crippen LogP contribution in [0.15, 0.2) is 61.7 Å². The second-order valence-electron chi connectivity index (χ2n) is 3.84. The van der Waals surface area contributed by atoms with Crippen molar-refractivity contribution in [3.63, 3.8) is 0 Å². The molecule has 3 rings (SSSR count). The molecule has 2 aromatic heterocycles. The van der Waals surface area contributed by atoms with Crippen LogP contribution >= 0.6 is 0 Å². The van der Waals surface area contributed by atoms with E-state index in [1.165, 1.54) is 12.7 Å². The van der Waals surface area contributed by atoms with Crippen molar-refractivity contribution in [2.45, 2.75) is 0 Å². The summed E-state index contributed by atoms with van der Waals surface area (Å²) in [5.74, 6) is 0. The average molecular weight is 234 g/mol. The summed E-state index contributed by atoms with van der Waals surface area (Å²) in [5, 5.41) is 0. The molecule has 0 fully saturated rings. The molecule has 0 spiro atoms. The van der Waals surface area contributed by atoms with Crippen molar-refractivity contribution in [2.24, 2.45) is 0 Å². The molecule has 0 amide bonds. The third-order valence-corrected chi connectivity index (χ3v) is 2.65. The van der Waals surface area contributed by atoms with Gasteiger partial charge in [0.15, 0.2) is 0 Å². The molecule has 86 valence electrons. The van der Waals surface area contributed by atoms with Crippen molar-refractivity contribution in [2.75, 3.05) is 0 Å². The molecule has 0 unspecified atom stereocenters. The summed E-state index contributed by atoms with van der Waals surface area (Å²) < 4.78 is 0. The van der Waals surface area contributed by atoms with Gasteiger partial charge in [-0.1, -0.05) is 18.2 Å². The number of rotatable bonds is 2. The molecule has 0 atom stereocenters. The van der Waals surface area contributed by atoms with Gasteiger partial charge in [-0.05, 0) is 17.2 Å². The SMILES string of the molecule is c1cc(-c2cncnc2)cc(-c2cncnc2)c1. The molecule has 0 radical (unpaired) electrons. The first-order chi connectivity index (χ1) is 8.93. The van der Waals surface area contributed by atoms with Gasteiger partial charge in [-0.25, -0.2) is 19.9 Å². The van der Waals surface area contributed by atoms with Gasteiger partial charge in [0, 0.05) is 35.9 Å². The fourth-order valence-corrected chi connectivity index (χ4v) is 1.77. The molecule has 0 aliphatic heterocycles. The summed E-state index contributed by atoms with van der Waals surface area (Å²) in [5.41, 5.74) is 4.15. The molecule has 0 aliphatic carbocycles. The van der Waals surface area contributed by atoms with Crippen molar-refractivity contribution in [1.29, 1.82) is 0 Å². The minimum Gasteiger partial charge on any atom is -0.244 e. The molecule has 0 aliphatic rings. The molecule has 0 saturated carbocycles. The average Bonchev–Trinajstić information content (AvgIpc) is 2.49. The summed E-state index contributed by atoms with van der Waals surface area (Å²) in [6.45, 7) is 0. The van der Waals surface area contributed by atoms with E-state index in [0.29, 0.717) is 0 Å². The number of benzene rings is 1. The molecule has 0 saturated heterocycles. The van der Waals surface area contributed by atoms with Gasteiger partial charge >= 0.3 is 0 Å². The topological polar surface area (TPSA) is 51.6 Å². The highest BCUT2D eigenvalue weighted by Crippen LogP contribution is 2.24. The van der Waals surface area contributed by atoms with Crippen molar-refractivity contribution < 1.29 is 0 Å². The van der Waals surface area contributed by atoms with Gasteiger partial charge in [0.2, 0.25) is 0 Å². The van der Waals surface area contributed by atoms with E-state index in [2.05, 4.69) is 26.0 Å². The largest absolute Gasteiger partial charge is 0.244 e. The van der Waals surface area contributed by atoms with Crippen LogP contribution in [-0.2, 0) is 0 Å². The number of hydrogen-bond donors (Lipinski definition) is 0. The first kappa shape index (κ1) is 10.5. The number of aromatic nitrogens is 4. The van der Waals surface area contributed by atoms with Gasteiger partial charge in [0.1, 0.15) is 12.7 Å². The summed E-state index contributed by atoms with van der Waals surface area (Å²) in [4.78, 5) is 16.1. The van der Waals surface area contributed by atoms with Crippen LogP contribution in [-0.4, -0.2) is 19.9 Å². The second kappa shape index (κ2) is 4.71. The predicted octanol–water partition coefficient (Wildman–Crippen LogP) is 2.60. The van der Waals surface area contributed by atoms with E-state index in [9.17, 15) is 0 Å². The maximum atomic E-state index is 4.03. The monoisotopic (exact) mass is 234 g/mol. The molecule has 0 N–H and O–H groups in total. The van der Waals surface area contributed by atoms with Gasteiger partial charge in [-0.2, -0.15) is 0 Å². The van der Waals surface area contributed by atoms with Crippen LogP contribution in [0, 0.1) is 0 Å². The standard InChI is InChI=1S/C14H10N4/c1-2-11(13-5-15-9-16-6-13)4-12(3-1)14-7-17-10-18-8-14/h1-10H. The van der Waals surface area contributed by atoms with E-state index in [1.54, 1.807) is 24.8 Å². The van der Waals surface area contributed by atoms with E-state index in [0.717, 1.165) is 22.3 Å². The Morgan fingerprint density at radius 3 is 1.44 bits per heavy atom. The smallest absolute Gasteiger partial charge is 0.115 e. The second-order valence-corrected chi connectivity index (χ2v) is 3.84. The molecule has 4 heteroatoms. The van der Waals surface area contributed by atoms with E-state index >= 15 is 0 Å². The Bertz CT molecular complexity index is 583. The van der Waals surface area contributed by atoms with Crippen LogP contribution in [0.3, 0.4) is 0 Å². The third-order valence-electron chi connectivity index (χ3n) is 2.65. The van der Waals surface area contributed by atoms with Gasteiger partial charge in [-0.3, -0.25) is 0 Å². The van der Waals surface area contributed by atoms with Crippen LogP contribution < -0.4 is 0 Å². The van der Waals surface area contributed by atoms with E-state index < -0.39 is 0 Å². The molecule has 3 aromatic rings. The van der Waals surface area contributed by atoms with Crippen molar-refractivity contribution in [3.8, 4) is 22.3 Å². The molecule has 4 nitrogen and oxygen atoms in total. The molecule has 18 heavy (non-hydrogen) atoms. The van der Waals surface area contributed by atoms with Crippen molar-refractivity contribution in [1.82, 2.24) is 19.9 Å². The van der Waals surface area contributed by atoms with Crippen LogP contribution in [0.25, 0.3) is 22.3 Å². The maximum absolute atomic E-state index is 4.03. The lowest BCUT2D eigenvalue weighted by molar-refractivity contribution is 1.17. The molecule has 0 bridgehead atoms. The van der Waals surface area contributed by atoms with Crippen LogP contribution in [0.1, 0.15) is 0 Å². The Morgan fingerprint density at radius 1 is 0.556 bits per heavy atom. The summed E-state index contributed by atoms with van der Waals surface area (Å²) in [6, 6.07) is 8.15. The lowest BCUT2D eigenvalue weighted by Crippen LogP contribution is -1.85. The Hall–Kier alpha value is -2.62. The van der Waals surface area contributed by atoms with E-state index in [4.69, 9.17) is 0 Å². The zero-order valence-corrected chi connectivity index (χ0v) is 9.56. The zero-order chi connectivity index (χ0) is 12.2. The van der Waals surface area contributed by atoms with Gasteiger partial charge in [0.25, 0.3) is 0 Å². The Kier molecular flexibility index (Phi) is 2.75. The van der Waals surface area contributed by atoms with Gasteiger partial charge in [0.05, 0.1) is 0 Å². The van der Waals surface area contributed by atoms with E-state index in [1.807, 2.05) is 18.2 Å². The highest BCUT2D eigenvalue weighted by Gasteiger charge is 2.01. The minimum absolute atomic E-state index is 0.996. The fourth-order valence-electron chi connectivity index (χ4n) is 1.77. The number of hydrogen-bond acceptors (Lipinski definition) is 4. The van der Waals surface area contributed by atoms with Crippen LogP contribution in [0.5, 0.6) is 0 Å². The van der Waals surface area contributed by atoms with Gasteiger partial charge in [-0.15, -0.1) is 0 Å². The summed E-state index contributed by atoms with van der Waals surface area (Å²) >= 11 is 0. The van der Waals surface area contributed by atoms with Gasteiger partial charge < -0.3 is 0 Å². The predicted molar refractivity (Wildman–Crippen MR) is 68.5 cm³/mol. The Labute approximate surface area is 104 Å². The Balaban J connectivity index is 2.05. The van der Waals surface area contributed by atoms with Crippen molar-refractivity contribution >= 4 is 0 Å². The zero-order valence-electron chi connectivity index (χ0n) is 9.56. The van der Waals surface area contributed by atoms with Crippen LogP contribution in [0.2, 0.25) is 0 Å². The van der Waals surface area contributed by atoms with Crippen LogP contribution in [0.4, 0.5) is 0 Å². The molecular weight excluding hydrogens is 224 g/mol. The minimum atomic E-state index is 0.996. The quantitative estimate of drug-likeness (QED) is 0.684. The lowest BCUT2D eigenvalue weighted by atomic mass is 10.0. The van der Waals surface area contributed by atoms with E-state index in [-0.39, 0.29) is 0 Å². The first-order valence-electron chi connectivity index (χ1n) is 5.54.